The van der Waals surface area contributed by atoms with E-state index in [0.717, 1.165) is 74.8 Å². The number of rotatable bonds is 8. The second kappa shape index (κ2) is 10.7. The molecule has 0 spiro atoms. The van der Waals surface area contributed by atoms with E-state index in [1.165, 1.54) is 33.7 Å². The molecule has 0 aliphatic carbocycles. The Hall–Kier alpha value is -3.48. The summed E-state index contributed by atoms with van der Waals surface area (Å²) in [7, 11) is 2.19. The molecule has 1 fully saturated rings. The SMILES string of the molecule is CCN(CCO)c1ccc(CC2=Nc3cc(C4=Nc5cc(N6CCN(C)CC6)ccc5C4)ccc3C2)cc1. The minimum atomic E-state index is 0.169. The molecular formula is C32H37N5O. The summed E-state index contributed by atoms with van der Waals surface area (Å²) in [5.74, 6) is 0. The molecule has 3 aliphatic heterocycles. The van der Waals surface area contributed by atoms with E-state index in [0.29, 0.717) is 6.54 Å². The lowest BCUT2D eigenvalue weighted by Gasteiger charge is -2.34. The molecular weight excluding hydrogens is 470 g/mol. The predicted molar refractivity (Wildman–Crippen MR) is 158 cm³/mol. The molecule has 3 aromatic rings. The average molecular weight is 508 g/mol. The minimum absolute atomic E-state index is 0.169. The topological polar surface area (TPSA) is 54.7 Å². The summed E-state index contributed by atoms with van der Waals surface area (Å²) in [5, 5.41) is 9.29. The molecule has 0 radical (unpaired) electrons. The molecule has 0 saturated carbocycles. The molecule has 6 heteroatoms. The molecule has 1 N–H and O–H groups in total. The lowest BCUT2D eigenvalue weighted by atomic mass is 10.00. The third kappa shape index (κ3) is 5.11. The van der Waals surface area contributed by atoms with Gasteiger partial charge in [0, 0.05) is 75.6 Å². The molecule has 3 aliphatic rings. The number of piperazine rings is 1. The van der Waals surface area contributed by atoms with Crippen LogP contribution < -0.4 is 9.80 Å². The largest absolute Gasteiger partial charge is 0.395 e. The first kappa shape index (κ1) is 24.8. The molecule has 0 bridgehead atoms. The zero-order valence-corrected chi connectivity index (χ0v) is 22.5. The fourth-order valence-corrected chi connectivity index (χ4v) is 5.78. The van der Waals surface area contributed by atoms with Crippen molar-refractivity contribution in [2.24, 2.45) is 9.98 Å². The van der Waals surface area contributed by atoms with E-state index in [2.05, 4.69) is 89.3 Å². The monoisotopic (exact) mass is 507 g/mol. The highest BCUT2D eigenvalue weighted by Crippen LogP contribution is 2.35. The number of nitrogens with zero attached hydrogens (tertiary/aromatic N) is 5. The molecule has 0 unspecified atom stereocenters. The standard InChI is InChI=1S/C32H37N5O/c1-3-36(16-17-38)28-9-4-23(5-10-28)18-27-19-24-6-7-25(20-30(24)33-27)31-21-26-8-11-29(22-32(26)34-31)37-14-12-35(2)13-15-37/h4-11,20,22,38H,3,12-19,21H2,1-2H3. The van der Waals surface area contributed by atoms with Gasteiger partial charge in [-0.3, -0.25) is 9.98 Å². The maximum atomic E-state index is 9.29. The summed E-state index contributed by atoms with van der Waals surface area (Å²) < 4.78 is 0. The van der Waals surface area contributed by atoms with Gasteiger partial charge < -0.3 is 19.8 Å². The number of hydrogen-bond acceptors (Lipinski definition) is 6. The summed E-state index contributed by atoms with van der Waals surface area (Å²) in [6.07, 6.45) is 2.65. The van der Waals surface area contributed by atoms with Crippen LogP contribution in [-0.4, -0.2) is 74.4 Å². The van der Waals surface area contributed by atoms with E-state index in [1.807, 2.05) is 0 Å². The van der Waals surface area contributed by atoms with E-state index in [9.17, 15) is 5.11 Å². The van der Waals surface area contributed by atoms with E-state index in [4.69, 9.17) is 9.98 Å². The minimum Gasteiger partial charge on any atom is -0.395 e. The van der Waals surface area contributed by atoms with Gasteiger partial charge in [0.25, 0.3) is 0 Å². The van der Waals surface area contributed by atoms with Gasteiger partial charge in [-0.2, -0.15) is 0 Å². The van der Waals surface area contributed by atoms with Crippen molar-refractivity contribution >= 4 is 34.2 Å². The van der Waals surface area contributed by atoms with Gasteiger partial charge in [0.05, 0.1) is 23.7 Å². The van der Waals surface area contributed by atoms with Gasteiger partial charge in [-0.15, -0.1) is 0 Å². The summed E-state index contributed by atoms with van der Waals surface area (Å²) in [6, 6.07) is 22.2. The number of fused-ring (bicyclic) bond motifs is 2. The van der Waals surface area contributed by atoms with Crippen LogP contribution in [0.25, 0.3) is 0 Å². The van der Waals surface area contributed by atoms with Crippen LogP contribution in [0.15, 0.2) is 70.6 Å². The Morgan fingerprint density at radius 1 is 0.842 bits per heavy atom. The second-order valence-electron chi connectivity index (χ2n) is 10.7. The maximum absolute atomic E-state index is 9.29. The van der Waals surface area contributed by atoms with Gasteiger partial charge in [0.1, 0.15) is 0 Å². The molecule has 38 heavy (non-hydrogen) atoms. The molecule has 1 saturated heterocycles. The van der Waals surface area contributed by atoms with E-state index >= 15 is 0 Å². The van der Waals surface area contributed by atoms with Crippen molar-refractivity contribution in [1.29, 1.82) is 0 Å². The fraction of sp³-hybridized carbons (Fsp3) is 0.375. The molecule has 196 valence electrons. The Labute approximate surface area is 226 Å². The summed E-state index contributed by atoms with van der Waals surface area (Å²) >= 11 is 0. The first-order valence-corrected chi connectivity index (χ1v) is 13.9. The molecule has 0 aromatic heterocycles. The number of aliphatic imine (C=N–C) groups is 2. The zero-order chi connectivity index (χ0) is 26.1. The Morgan fingerprint density at radius 2 is 1.58 bits per heavy atom. The molecule has 3 aromatic carbocycles. The lowest BCUT2D eigenvalue weighted by Crippen LogP contribution is -2.44. The van der Waals surface area contributed by atoms with Crippen molar-refractivity contribution in [1.82, 2.24) is 4.90 Å². The van der Waals surface area contributed by atoms with Crippen LogP contribution in [0.5, 0.6) is 0 Å². The van der Waals surface area contributed by atoms with Gasteiger partial charge in [-0.1, -0.05) is 30.3 Å². The third-order valence-corrected chi connectivity index (χ3v) is 8.10. The van der Waals surface area contributed by atoms with Gasteiger partial charge in [0.15, 0.2) is 0 Å². The van der Waals surface area contributed by atoms with Gasteiger partial charge in [-0.25, -0.2) is 0 Å². The molecule has 0 amide bonds. The Bertz CT molecular complexity index is 1370. The number of anilines is 2. The first-order valence-electron chi connectivity index (χ1n) is 13.9. The van der Waals surface area contributed by atoms with E-state index in [-0.39, 0.29) is 6.61 Å². The quantitative estimate of drug-likeness (QED) is 0.476. The average Bonchev–Trinajstić information content (AvgIpc) is 3.55. The number of aliphatic hydroxyl groups is 1. The van der Waals surface area contributed by atoms with Crippen LogP contribution >= 0.6 is 0 Å². The van der Waals surface area contributed by atoms with Gasteiger partial charge >= 0.3 is 0 Å². The number of benzene rings is 3. The fourth-order valence-electron chi connectivity index (χ4n) is 5.78. The van der Waals surface area contributed by atoms with Crippen LogP contribution in [-0.2, 0) is 19.3 Å². The number of hydrogen-bond donors (Lipinski definition) is 1. The van der Waals surface area contributed by atoms with Gasteiger partial charge in [-0.05, 0) is 66.6 Å². The van der Waals surface area contributed by atoms with Crippen molar-refractivity contribution in [3.8, 4) is 0 Å². The van der Waals surface area contributed by atoms with Crippen LogP contribution in [0.1, 0.15) is 29.2 Å². The van der Waals surface area contributed by atoms with Crippen LogP contribution in [0.3, 0.4) is 0 Å². The van der Waals surface area contributed by atoms with Crippen LogP contribution in [0, 0.1) is 0 Å². The summed E-state index contributed by atoms with van der Waals surface area (Å²) in [6.45, 7) is 8.19. The first-order chi connectivity index (χ1) is 18.6. The summed E-state index contributed by atoms with van der Waals surface area (Å²) in [5.41, 5.74) is 12.1. The van der Waals surface area contributed by atoms with Crippen LogP contribution in [0.2, 0.25) is 0 Å². The van der Waals surface area contributed by atoms with E-state index < -0.39 is 0 Å². The highest BCUT2D eigenvalue weighted by atomic mass is 16.3. The normalized spacial score (nSPS) is 16.8. The highest BCUT2D eigenvalue weighted by molar-refractivity contribution is 6.08. The molecule has 3 heterocycles. The maximum Gasteiger partial charge on any atom is 0.0689 e. The van der Waals surface area contributed by atoms with Crippen molar-refractivity contribution in [2.45, 2.75) is 26.2 Å². The lowest BCUT2D eigenvalue weighted by molar-refractivity contribution is 0.302. The Morgan fingerprint density at radius 3 is 2.34 bits per heavy atom. The number of aliphatic hydroxyl groups excluding tert-OH is 1. The molecule has 6 nitrogen and oxygen atoms in total. The highest BCUT2D eigenvalue weighted by Gasteiger charge is 2.22. The summed E-state index contributed by atoms with van der Waals surface area (Å²) in [4.78, 5) is 17.1. The Kier molecular flexibility index (Phi) is 7.00. The smallest absolute Gasteiger partial charge is 0.0689 e. The van der Waals surface area contributed by atoms with Crippen LogP contribution in [0.4, 0.5) is 22.7 Å². The molecule has 0 atom stereocenters. The van der Waals surface area contributed by atoms with Crippen molar-refractivity contribution in [3.05, 3.63) is 82.9 Å². The Balaban J connectivity index is 1.15. The van der Waals surface area contributed by atoms with E-state index in [1.54, 1.807) is 0 Å². The van der Waals surface area contributed by atoms with Crippen molar-refractivity contribution < 1.29 is 5.11 Å². The zero-order valence-electron chi connectivity index (χ0n) is 22.5. The third-order valence-electron chi connectivity index (χ3n) is 8.10. The second-order valence-corrected chi connectivity index (χ2v) is 10.7. The predicted octanol–water partition coefficient (Wildman–Crippen LogP) is 4.81. The number of likely N-dealkylation sites (N-methyl/N-ethyl adjacent to an activating group) is 2. The molecule has 6 rings (SSSR count). The van der Waals surface area contributed by atoms with Gasteiger partial charge in [0.2, 0.25) is 0 Å². The van der Waals surface area contributed by atoms with Crippen molar-refractivity contribution in [2.75, 3.05) is 62.7 Å². The van der Waals surface area contributed by atoms with Crippen molar-refractivity contribution in [3.63, 3.8) is 0 Å².